The van der Waals surface area contributed by atoms with Crippen LogP contribution in [0.5, 0.6) is 0 Å². The molecule has 0 radical (unpaired) electrons. The van der Waals surface area contributed by atoms with E-state index in [9.17, 15) is 24.5 Å². The lowest BCUT2D eigenvalue weighted by Gasteiger charge is -2.07. The van der Waals surface area contributed by atoms with Gasteiger partial charge in [-0.15, -0.1) is 10.2 Å². The monoisotopic (exact) mass is 470 g/mol. The summed E-state index contributed by atoms with van der Waals surface area (Å²) in [6.45, 7) is 0.0354. The highest BCUT2D eigenvalue weighted by Crippen LogP contribution is 2.17. The summed E-state index contributed by atoms with van der Waals surface area (Å²) in [5.74, 6) is -1.40. The molecule has 0 atom stereocenters. The molecule has 3 rings (SSSR count). The van der Waals surface area contributed by atoms with E-state index in [0.29, 0.717) is 16.7 Å². The Morgan fingerprint density at radius 2 is 1.85 bits per heavy atom. The third-order valence-electron chi connectivity index (χ3n) is 4.40. The van der Waals surface area contributed by atoms with Crippen LogP contribution in [-0.2, 0) is 18.4 Å². The largest absolute Gasteiger partial charge is 0.478 e. The molecule has 2 aromatic carbocycles. The molecule has 2 amide bonds. The second-order valence-electron chi connectivity index (χ2n) is 6.67. The van der Waals surface area contributed by atoms with E-state index in [1.165, 1.54) is 48.5 Å². The Balaban J connectivity index is 1.52. The fourth-order valence-corrected chi connectivity index (χ4v) is 3.40. The molecule has 3 N–H and O–H groups in total. The summed E-state index contributed by atoms with van der Waals surface area (Å²) in [5.41, 5.74) is 0.546. The Labute approximate surface area is 191 Å². The molecule has 0 saturated carbocycles. The molecule has 0 aliphatic carbocycles. The lowest BCUT2D eigenvalue weighted by atomic mass is 10.2. The predicted octanol–water partition coefficient (Wildman–Crippen LogP) is 2.08. The highest BCUT2D eigenvalue weighted by molar-refractivity contribution is 7.99. The summed E-state index contributed by atoms with van der Waals surface area (Å²) in [6, 6.07) is 11.1. The number of benzene rings is 2. The number of aromatic carboxylic acids is 1. The van der Waals surface area contributed by atoms with Gasteiger partial charge in [-0.2, -0.15) is 0 Å². The molecule has 0 aliphatic rings. The van der Waals surface area contributed by atoms with Crippen molar-refractivity contribution in [1.82, 2.24) is 20.1 Å². The summed E-state index contributed by atoms with van der Waals surface area (Å²) < 4.78 is 1.62. The molecule has 170 valence electrons. The van der Waals surface area contributed by atoms with Crippen molar-refractivity contribution in [2.24, 2.45) is 7.05 Å². The number of aromatic nitrogens is 3. The molecular weight excluding hydrogens is 452 g/mol. The molecule has 12 nitrogen and oxygen atoms in total. The number of amides is 2. The fraction of sp³-hybridized carbons (Fsp3) is 0.150. The van der Waals surface area contributed by atoms with Crippen LogP contribution in [0, 0.1) is 10.1 Å². The average Bonchev–Trinajstić information content (AvgIpc) is 3.15. The van der Waals surface area contributed by atoms with Gasteiger partial charge in [0, 0.05) is 30.4 Å². The minimum Gasteiger partial charge on any atom is -0.478 e. The summed E-state index contributed by atoms with van der Waals surface area (Å²) >= 11 is 1.13. The average molecular weight is 470 g/mol. The van der Waals surface area contributed by atoms with E-state index in [-0.39, 0.29) is 35.0 Å². The summed E-state index contributed by atoms with van der Waals surface area (Å²) in [7, 11) is 1.68. The number of carbonyl (C=O) groups excluding carboxylic acids is 2. The van der Waals surface area contributed by atoms with Gasteiger partial charge in [0.05, 0.1) is 22.8 Å². The van der Waals surface area contributed by atoms with Gasteiger partial charge in [0.25, 0.3) is 11.6 Å². The zero-order chi connectivity index (χ0) is 24.0. The van der Waals surface area contributed by atoms with E-state index in [1.807, 2.05) is 0 Å². The number of nitro benzene ring substituents is 1. The van der Waals surface area contributed by atoms with E-state index in [4.69, 9.17) is 5.11 Å². The van der Waals surface area contributed by atoms with Crippen molar-refractivity contribution in [3.63, 3.8) is 0 Å². The number of nitro groups is 1. The molecule has 0 fully saturated rings. The number of carbonyl (C=O) groups is 3. The maximum atomic E-state index is 12.3. The van der Waals surface area contributed by atoms with Crippen LogP contribution in [0.2, 0.25) is 0 Å². The minimum atomic E-state index is -1.05. The van der Waals surface area contributed by atoms with Crippen molar-refractivity contribution >= 4 is 40.9 Å². The van der Waals surface area contributed by atoms with Gasteiger partial charge in [-0.3, -0.25) is 19.7 Å². The first-order valence-corrected chi connectivity index (χ1v) is 10.4. The van der Waals surface area contributed by atoms with Gasteiger partial charge in [-0.25, -0.2) is 4.79 Å². The smallest absolute Gasteiger partial charge is 0.335 e. The first-order chi connectivity index (χ1) is 15.7. The van der Waals surface area contributed by atoms with Gasteiger partial charge < -0.3 is 20.3 Å². The standard InChI is InChI=1S/C20H18N6O6S/c1-25-16(10-21-18(28)13-3-2-4-15(9-13)26(31)32)23-24-20(25)33-11-17(27)22-14-7-5-12(6-8-14)19(29)30/h2-9H,10-11H2,1H3,(H,21,28)(H,22,27)(H,29,30). The number of carboxylic acid groups (broad SMARTS) is 1. The van der Waals surface area contributed by atoms with E-state index in [1.54, 1.807) is 11.6 Å². The Morgan fingerprint density at radius 3 is 2.52 bits per heavy atom. The van der Waals surface area contributed by atoms with Gasteiger partial charge in [0.2, 0.25) is 5.91 Å². The molecule has 0 saturated heterocycles. The molecule has 0 bridgehead atoms. The second kappa shape index (κ2) is 10.4. The van der Waals surface area contributed by atoms with Crippen LogP contribution in [0.4, 0.5) is 11.4 Å². The number of non-ortho nitro benzene ring substituents is 1. The van der Waals surface area contributed by atoms with Crippen LogP contribution in [0.25, 0.3) is 0 Å². The van der Waals surface area contributed by atoms with E-state index < -0.39 is 16.8 Å². The van der Waals surface area contributed by atoms with Crippen molar-refractivity contribution < 1.29 is 24.4 Å². The van der Waals surface area contributed by atoms with Crippen LogP contribution in [0.15, 0.2) is 53.7 Å². The minimum absolute atomic E-state index is 0.0344. The first kappa shape index (κ1) is 23.4. The van der Waals surface area contributed by atoms with Gasteiger partial charge in [-0.1, -0.05) is 17.8 Å². The summed E-state index contributed by atoms with van der Waals surface area (Å²) in [5, 5.41) is 33.5. The Hall–Kier alpha value is -4.26. The first-order valence-electron chi connectivity index (χ1n) is 9.41. The topological polar surface area (TPSA) is 169 Å². The molecule has 0 aliphatic heterocycles. The molecule has 1 aromatic heterocycles. The Bertz CT molecular complexity index is 1210. The predicted molar refractivity (Wildman–Crippen MR) is 118 cm³/mol. The number of nitrogens with zero attached hydrogens (tertiary/aromatic N) is 4. The number of nitrogens with one attached hydrogen (secondary N) is 2. The molecule has 0 unspecified atom stereocenters. The van der Waals surface area contributed by atoms with Crippen LogP contribution in [-0.4, -0.2) is 48.3 Å². The molecule has 13 heteroatoms. The SMILES string of the molecule is Cn1c(CNC(=O)c2cccc([N+](=O)[O-])c2)nnc1SCC(=O)Nc1ccc(C(=O)O)cc1. The van der Waals surface area contributed by atoms with E-state index in [0.717, 1.165) is 11.8 Å². The lowest BCUT2D eigenvalue weighted by molar-refractivity contribution is -0.384. The van der Waals surface area contributed by atoms with Crippen molar-refractivity contribution in [1.29, 1.82) is 0 Å². The number of hydrogen-bond donors (Lipinski definition) is 3. The zero-order valence-electron chi connectivity index (χ0n) is 17.2. The van der Waals surface area contributed by atoms with Crippen molar-refractivity contribution in [2.75, 3.05) is 11.1 Å². The van der Waals surface area contributed by atoms with E-state index in [2.05, 4.69) is 20.8 Å². The van der Waals surface area contributed by atoms with Gasteiger partial charge in [-0.05, 0) is 30.3 Å². The van der Waals surface area contributed by atoms with Crippen LogP contribution >= 0.6 is 11.8 Å². The number of rotatable bonds is 9. The van der Waals surface area contributed by atoms with E-state index >= 15 is 0 Å². The van der Waals surface area contributed by atoms with Crippen molar-refractivity contribution in [2.45, 2.75) is 11.7 Å². The Kier molecular flexibility index (Phi) is 7.35. The lowest BCUT2D eigenvalue weighted by Crippen LogP contribution is -2.24. The number of anilines is 1. The van der Waals surface area contributed by atoms with Gasteiger partial charge >= 0.3 is 5.97 Å². The third kappa shape index (κ3) is 6.13. The van der Waals surface area contributed by atoms with Crippen molar-refractivity contribution in [3.8, 4) is 0 Å². The Morgan fingerprint density at radius 1 is 1.12 bits per heavy atom. The fourth-order valence-electron chi connectivity index (χ4n) is 2.67. The third-order valence-corrected chi connectivity index (χ3v) is 5.42. The summed E-state index contributed by atoms with van der Waals surface area (Å²) in [6.07, 6.45) is 0. The molecular formula is C20H18N6O6S. The zero-order valence-corrected chi connectivity index (χ0v) is 18.0. The van der Waals surface area contributed by atoms with Gasteiger partial charge in [0.15, 0.2) is 11.0 Å². The highest BCUT2D eigenvalue weighted by atomic mass is 32.2. The van der Waals surface area contributed by atoms with Gasteiger partial charge in [0.1, 0.15) is 0 Å². The van der Waals surface area contributed by atoms with Crippen molar-refractivity contribution in [3.05, 3.63) is 75.6 Å². The van der Waals surface area contributed by atoms with Crippen LogP contribution < -0.4 is 10.6 Å². The number of carboxylic acids is 1. The number of thioether (sulfide) groups is 1. The van der Waals surface area contributed by atoms with Crippen LogP contribution in [0.3, 0.4) is 0 Å². The second-order valence-corrected chi connectivity index (χ2v) is 7.61. The maximum Gasteiger partial charge on any atom is 0.335 e. The number of hydrogen-bond acceptors (Lipinski definition) is 8. The normalized spacial score (nSPS) is 10.5. The summed E-state index contributed by atoms with van der Waals surface area (Å²) in [4.78, 5) is 45.6. The molecule has 1 heterocycles. The quantitative estimate of drug-likeness (QED) is 0.241. The maximum absolute atomic E-state index is 12.3. The molecule has 33 heavy (non-hydrogen) atoms. The van der Waals surface area contributed by atoms with Crippen LogP contribution in [0.1, 0.15) is 26.5 Å². The molecule has 3 aromatic rings. The molecule has 0 spiro atoms. The highest BCUT2D eigenvalue weighted by Gasteiger charge is 2.15.